The van der Waals surface area contributed by atoms with Gasteiger partial charge in [0.25, 0.3) is 0 Å². The quantitative estimate of drug-likeness (QED) is 0.623. The number of rotatable bonds is 6. The number of hydrogen-bond donors (Lipinski definition) is 1. The average Bonchev–Trinajstić information content (AvgIpc) is 3.11. The summed E-state index contributed by atoms with van der Waals surface area (Å²) in [5.41, 5.74) is -0.148. The molecule has 1 aliphatic heterocycles. The standard InChI is InChI=1S/C23H21F2NO3S/c1-29-16-9-19(24)23(20(25)10-16)18-11-22(28)26-12-14(18)6-15(27)8-17-7-13-4-2-3-5-21(13)30-17/h2-5,7,9-10,14,18H,6,8,11-12H2,1H3,(H,26,28)/t14-,18-/m1/s1. The lowest BCUT2D eigenvalue weighted by Crippen LogP contribution is -2.41. The van der Waals surface area contributed by atoms with Crippen LogP contribution in [0.15, 0.2) is 42.5 Å². The normalized spacial score (nSPS) is 19.0. The van der Waals surface area contributed by atoms with Crippen LogP contribution in [-0.2, 0) is 16.0 Å². The smallest absolute Gasteiger partial charge is 0.220 e. The summed E-state index contributed by atoms with van der Waals surface area (Å²) < 4.78 is 35.3. The van der Waals surface area contributed by atoms with E-state index in [9.17, 15) is 18.4 Å². The van der Waals surface area contributed by atoms with Gasteiger partial charge in [-0.25, -0.2) is 8.78 Å². The van der Waals surface area contributed by atoms with Crippen LogP contribution in [0.4, 0.5) is 8.78 Å². The van der Waals surface area contributed by atoms with Gasteiger partial charge >= 0.3 is 0 Å². The fourth-order valence-electron chi connectivity index (χ4n) is 4.09. The molecular formula is C23H21F2NO3S. The molecule has 3 aromatic rings. The topological polar surface area (TPSA) is 55.4 Å². The third-order valence-electron chi connectivity index (χ3n) is 5.53. The summed E-state index contributed by atoms with van der Waals surface area (Å²) in [6.45, 7) is 0.215. The molecule has 1 aromatic heterocycles. The molecule has 0 saturated carbocycles. The van der Waals surface area contributed by atoms with Gasteiger partial charge in [-0.05, 0) is 23.4 Å². The molecule has 2 heterocycles. The van der Waals surface area contributed by atoms with Crippen LogP contribution in [0.25, 0.3) is 10.1 Å². The Labute approximate surface area is 176 Å². The Morgan fingerprint density at radius 3 is 2.63 bits per heavy atom. The third-order valence-corrected chi connectivity index (χ3v) is 6.65. The van der Waals surface area contributed by atoms with E-state index >= 15 is 0 Å². The number of carbonyl (C=O) groups excluding carboxylic acids is 2. The molecule has 2 atom stereocenters. The summed E-state index contributed by atoms with van der Waals surface area (Å²) in [7, 11) is 1.33. The SMILES string of the molecule is COc1cc(F)c([C@@H]2CC(=O)NC[C@H]2CC(=O)Cc2cc3ccccc3s2)c(F)c1. The fraction of sp³-hybridized carbons (Fsp3) is 0.304. The van der Waals surface area contributed by atoms with Crippen LogP contribution < -0.4 is 10.1 Å². The Morgan fingerprint density at radius 1 is 1.20 bits per heavy atom. The molecular weight excluding hydrogens is 408 g/mol. The number of ether oxygens (including phenoxy) is 1. The van der Waals surface area contributed by atoms with Crippen molar-refractivity contribution in [3.05, 3.63) is 64.5 Å². The molecule has 1 N–H and O–H groups in total. The van der Waals surface area contributed by atoms with E-state index in [1.165, 1.54) is 7.11 Å². The van der Waals surface area contributed by atoms with E-state index in [0.717, 1.165) is 27.1 Å². The van der Waals surface area contributed by atoms with Gasteiger partial charge in [0.2, 0.25) is 5.91 Å². The molecule has 0 radical (unpaired) electrons. The summed E-state index contributed by atoms with van der Waals surface area (Å²) >= 11 is 1.57. The fourth-order valence-corrected chi connectivity index (χ4v) is 5.19. The number of carbonyl (C=O) groups is 2. The van der Waals surface area contributed by atoms with Gasteiger partial charge in [0.1, 0.15) is 23.2 Å². The Kier molecular flexibility index (Phi) is 5.81. The zero-order valence-electron chi connectivity index (χ0n) is 16.4. The van der Waals surface area contributed by atoms with E-state index in [4.69, 9.17) is 4.74 Å². The molecule has 0 unspecified atom stereocenters. The van der Waals surface area contributed by atoms with Crippen LogP contribution in [0.3, 0.4) is 0 Å². The maximum Gasteiger partial charge on any atom is 0.220 e. The maximum absolute atomic E-state index is 14.7. The van der Waals surface area contributed by atoms with E-state index in [2.05, 4.69) is 5.32 Å². The second kappa shape index (κ2) is 8.52. The number of halogens is 2. The van der Waals surface area contributed by atoms with Gasteiger partial charge in [-0.2, -0.15) is 0 Å². The number of methoxy groups -OCH3 is 1. The summed E-state index contributed by atoms with van der Waals surface area (Å²) in [4.78, 5) is 25.7. The zero-order chi connectivity index (χ0) is 21.3. The van der Waals surface area contributed by atoms with E-state index in [0.29, 0.717) is 0 Å². The van der Waals surface area contributed by atoms with Gasteiger partial charge in [0.15, 0.2) is 0 Å². The van der Waals surface area contributed by atoms with Crippen molar-refractivity contribution in [3.8, 4) is 5.75 Å². The van der Waals surface area contributed by atoms with Crippen molar-refractivity contribution in [1.82, 2.24) is 5.32 Å². The van der Waals surface area contributed by atoms with Crippen LogP contribution in [0.2, 0.25) is 0 Å². The molecule has 0 bridgehead atoms. The summed E-state index contributed by atoms with van der Waals surface area (Å²) in [6, 6.07) is 12.1. The van der Waals surface area contributed by atoms with Crippen LogP contribution in [0, 0.1) is 17.6 Å². The van der Waals surface area contributed by atoms with Crippen LogP contribution in [0.1, 0.15) is 29.2 Å². The van der Waals surface area contributed by atoms with Crippen molar-refractivity contribution < 1.29 is 23.1 Å². The van der Waals surface area contributed by atoms with E-state index in [1.54, 1.807) is 11.3 Å². The maximum atomic E-state index is 14.7. The minimum atomic E-state index is -0.756. The number of amides is 1. The number of fused-ring (bicyclic) bond motifs is 1. The first-order valence-corrected chi connectivity index (χ1v) is 10.5. The number of hydrogen-bond acceptors (Lipinski definition) is 4. The highest BCUT2D eigenvalue weighted by atomic mass is 32.1. The van der Waals surface area contributed by atoms with E-state index in [1.807, 2.05) is 30.3 Å². The van der Waals surface area contributed by atoms with Crippen LogP contribution in [0.5, 0.6) is 5.75 Å². The molecule has 2 aromatic carbocycles. The second-order valence-corrected chi connectivity index (χ2v) is 8.72. The Hall–Kier alpha value is -2.80. The molecule has 1 saturated heterocycles. The molecule has 1 amide bonds. The molecule has 4 rings (SSSR count). The number of nitrogens with one attached hydrogen (secondary N) is 1. The summed E-state index contributed by atoms with van der Waals surface area (Å²) in [5, 5.41) is 3.82. The Bertz CT molecular complexity index is 1050. The number of ketones is 1. The Balaban J connectivity index is 1.54. The second-order valence-electron chi connectivity index (χ2n) is 7.55. The molecule has 1 fully saturated rings. The van der Waals surface area contributed by atoms with Gasteiger partial charge in [-0.1, -0.05) is 18.2 Å². The zero-order valence-corrected chi connectivity index (χ0v) is 17.2. The predicted molar refractivity (Wildman–Crippen MR) is 112 cm³/mol. The van der Waals surface area contributed by atoms with Gasteiger partial charge in [-0.3, -0.25) is 9.59 Å². The lowest BCUT2D eigenvalue weighted by molar-refractivity contribution is -0.125. The molecule has 4 nitrogen and oxygen atoms in total. The van der Waals surface area contributed by atoms with Crippen molar-refractivity contribution >= 4 is 33.1 Å². The average molecular weight is 429 g/mol. The van der Waals surface area contributed by atoms with Gasteiger partial charge in [0.05, 0.1) is 7.11 Å². The molecule has 30 heavy (non-hydrogen) atoms. The molecule has 156 valence electrons. The van der Waals surface area contributed by atoms with Gasteiger partial charge in [0, 0.05) is 59.0 Å². The monoisotopic (exact) mass is 429 g/mol. The predicted octanol–water partition coefficient (Wildman–Crippen LogP) is 4.61. The van der Waals surface area contributed by atoms with Gasteiger partial charge in [-0.15, -0.1) is 11.3 Å². The van der Waals surface area contributed by atoms with Crippen molar-refractivity contribution in [2.45, 2.75) is 25.2 Å². The van der Waals surface area contributed by atoms with Crippen molar-refractivity contribution in [3.63, 3.8) is 0 Å². The first kappa shape index (κ1) is 20.5. The minimum absolute atomic E-state index is 0.0120. The highest BCUT2D eigenvalue weighted by Crippen LogP contribution is 2.38. The minimum Gasteiger partial charge on any atom is -0.497 e. The van der Waals surface area contributed by atoms with Crippen molar-refractivity contribution in [1.29, 1.82) is 0 Å². The third kappa shape index (κ3) is 4.21. The van der Waals surface area contributed by atoms with E-state index < -0.39 is 17.6 Å². The summed E-state index contributed by atoms with van der Waals surface area (Å²) in [6.07, 6.45) is 0.356. The lowest BCUT2D eigenvalue weighted by Gasteiger charge is -2.32. The van der Waals surface area contributed by atoms with Crippen molar-refractivity contribution in [2.75, 3.05) is 13.7 Å². The van der Waals surface area contributed by atoms with E-state index in [-0.39, 0.29) is 54.7 Å². The highest BCUT2D eigenvalue weighted by molar-refractivity contribution is 7.19. The largest absolute Gasteiger partial charge is 0.497 e. The highest BCUT2D eigenvalue weighted by Gasteiger charge is 2.35. The first-order chi connectivity index (χ1) is 14.4. The number of benzene rings is 2. The Morgan fingerprint density at radius 2 is 1.93 bits per heavy atom. The molecule has 1 aliphatic rings. The molecule has 7 heteroatoms. The van der Waals surface area contributed by atoms with Crippen LogP contribution in [-0.4, -0.2) is 25.3 Å². The molecule has 0 aliphatic carbocycles. The van der Waals surface area contributed by atoms with Gasteiger partial charge < -0.3 is 10.1 Å². The number of piperidine rings is 1. The number of thiophene rings is 1. The molecule has 0 spiro atoms. The van der Waals surface area contributed by atoms with Crippen LogP contribution >= 0.6 is 11.3 Å². The first-order valence-electron chi connectivity index (χ1n) is 9.73. The summed E-state index contributed by atoms with van der Waals surface area (Å²) in [5.74, 6) is -2.80. The van der Waals surface area contributed by atoms with Crippen molar-refractivity contribution in [2.24, 2.45) is 5.92 Å². The lowest BCUT2D eigenvalue weighted by atomic mass is 9.77. The number of Topliss-reactive ketones (excluding diaryl/α,β-unsaturated/α-hetero) is 1.